The molecular formula is C21H26N4O2. The average Bonchev–Trinajstić information content (AvgIpc) is 3.08. The van der Waals surface area contributed by atoms with Crippen molar-refractivity contribution in [2.75, 3.05) is 11.9 Å². The highest BCUT2D eigenvalue weighted by Crippen LogP contribution is 2.44. The number of fused-ring (bicyclic) bond motifs is 3. The van der Waals surface area contributed by atoms with E-state index in [1.165, 1.54) is 32.1 Å². The SMILES string of the molecule is Cc1c(NC(=O)C(=O)NCC2CC3CCC2CC3)cnn1-c1ccccc1. The van der Waals surface area contributed by atoms with E-state index >= 15 is 0 Å². The third-order valence-corrected chi connectivity index (χ3v) is 6.18. The molecule has 2 N–H and O–H groups in total. The number of benzene rings is 1. The van der Waals surface area contributed by atoms with Crippen molar-refractivity contribution in [2.24, 2.45) is 17.8 Å². The summed E-state index contributed by atoms with van der Waals surface area (Å²) in [6.07, 6.45) is 7.98. The highest BCUT2D eigenvalue weighted by Gasteiger charge is 2.35. The van der Waals surface area contributed by atoms with Crippen molar-refractivity contribution >= 4 is 17.5 Å². The van der Waals surface area contributed by atoms with Gasteiger partial charge < -0.3 is 10.6 Å². The van der Waals surface area contributed by atoms with Gasteiger partial charge in [0, 0.05) is 6.54 Å². The lowest BCUT2D eigenvalue weighted by Gasteiger charge is -2.42. The van der Waals surface area contributed by atoms with Gasteiger partial charge in [0.2, 0.25) is 0 Å². The third-order valence-electron chi connectivity index (χ3n) is 6.18. The minimum Gasteiger partial charge on any atom is -0.348 e. The summed E-state index contributed by atoms with van der Waals surface area (Å²) in [5.74, 6) is 0.855. The zero-order chi connectivity index (χ0) is 18.8. The summed E-state index contributed by atoms with van der Waals surface area (Å²) in [5.41, 5.74) is 2.25. The quantitative estimate of drug-likeness (QED) is 0.817. The van der Waals surface area contributed by atoms with Crippen LogP contribution in [-0.4, -0.2) is 28.1 Å². The molecule has 27 heavy (non-hydrogen) atoms. The van der Waals surface area contributed by atoms with Gasteiger partial charge in [-0.2, -0.15) is 5.10 Å². The molecule has 0 saturated heterocycles. The van der Waals surface area contributed by atoms with Crippen LogP contribution in [0.15, 0.2) is 36.5 Å². The Bertz CT molecular complexity index is 822. The predicted octanol–water partition coefficient (Wildman–Crippen LogP) is 3.06. The molecule has 3 aliphatic carbocycles. The molecule has 142 valence electrons. The highest BCUT2D eigenvalue weighted by molar-refractivity contribution is 6.39. The van der Waals surface area contributed by atoms with Gasteiger partial charge in [0.25, 0.3) is 0 Å². The average molecular weight is 366 g/mol. The van der Waals surface area contributed by atoms with Crippen LogP contribution in [-0.2, 0) is 9.59 Å². The molecule has 2 bridgehead atoms. The lowest BCUT2D eigenvalue weighted by molar-refractivity contribution is -0.136. The topological polar surface area (TPSA) is 76.0 Å². The largest absolute Gasteiger partial charge is 0.348 e. The van der Waals surface area contributed by atoms with Crippen molar-refractivity contribution < 1.29 is 9.59 Å². The number of aromatic nitrogens is 2. The number of para-hydroxylation sites is 1. The lowest BCUT2D eigenvalue weighted by atomic mass is 9.65. The van der Waals surface area contributed by atoms with E-state index in [1.54, 1.807) is 10.9 Å². The van der Waals surface area contributed by atoms with Crippen LogP contribution in [0.2, 0.25) is 0 Å². The number of rotatable bonds is 4. The molecule has 0 radical (unpaired) electrons. The van der Waals surface area contributed by atoms with Crippen LogP contribution in [0.3, 0.4) is 0 Å². The van der Waals surface area contributed by atoms with Crippen LogP contribution >= 0.6 is 0 Å². The zero-order valence-electron chi connectivity index (χ0n) is 15.6. The molecule has 0 aliphatic heterocycles. The van der Waals surface area contributed by atoms with Crippen LogP contribution in [0.5, 0.6) is 0 Å². The molecular weight excluding hydrogens is 340 g/mol. The van der Waals surface area contributed by atoms with Crippen LogP contribution in [0.1, 0.15) is 37.8 Å². The van der Waals surface area contributed by atoms with E-state index in [2.05, 4.69) is 15.7 Å². The van der Waals surface area contributed by atoms with E-state index in [0.29, 0.717) is 24.1 Å². The number of hydrogen-bond donors (Lipinski definition) is 2. The fraction of sp³-hybridized carbons (Fsp3) is 0.476. The van der Waals surface area contributed by atoms with Crippen LogP contribution in [0.4, 0.5) is 5.69 Å². The number of amides is 2. The molecule has 1 heterocycles. The number of hydrogen-bond acceptors (Lipinski definition) is 3. The van der Waals surface area contributed by atoms with Gasteiger partial charge in [-0.1, -0.05) is 31.0 Å². The second-order valence-corrected chi connectivity index (χ2v) is 7.83. The van der Waals surface area contributed by atoms with E-state index in [-0.39, 0.29) is 0 Å². The first kappa shape index (κ1) is 17.8. The molecule has 2 aromatic rings. The van der Waals surface area contributed by atoms with Crippen molar-refractivity contribution in [3.8, 4) is 5.69 Å². The zero-order valence-corrected chi connectivity index (χ0v) is 15.6. The number of nitrogens with zero attached hydrogens (tertiary/aromatic N) is 2. The summed E-state index contributed by atoms with van der Waals surface area (Å²) in [6, 6.07) is 9.68. The van der Waals surface area contributed by atoms with Gasteiger partial charge in [-0.3, -0.25) is 9.59 Å². The Labute approximate surface area is 159 Å². The van der Waals surface area contributed by atoms with Gasteiger partial charge in [-0.25, -0.2) is 4.68 Å². The van der Waals surface area contributed by atoms with Crippen molar-refractivity contribution in [1.82, 2.24) is 15.1 Å². The van der Waals surface area contributed by atoms with E-state index < -0.39 is 11.8 Å². The summed E-state index contributed by atoms with van der Waals surface area (Å²) in [7, 11) is 0. The molecule has 1 aromatic carbocycles. The number of carbonyl (C=O) groups is 2. The molecule has 5 rings (SSSR count). The Kier molecular flexibility index (Phi) is 4.97. The van der Waals surface area contributed by atoms with E-state index in [1.807, 2.05) is 37.3 Å². The van der Waals surface area contributed by atoms with Gasteiger partial charge in [0.05, 0.1) is 23.3 Å². The summed E-state index contributed by atoms with van der Waals surface area (Å²) >= 11 is 0. The van der Waals surface area contributed by atoms with Crippen LogP contribution in [0, 0.1) is 24.7 Å². The Morgan fingerprint density at radius 3 is 2.52 bits per heavy atom. The molecule has 6 nitrogen and oxygen atoms in total. The third kappa shape index (κ3) is 3.75. The Balaban J connectivity index is 1.34. The fourth-order valence-electron chi connectivity index (χ4n) is 4.61. The van der Waals surface area contributed by atoms with Crippen molar-refractivity contribution in [3.05, 3.63) is 42.2 Å². The molecule has 1 atom stereocenters. The standard InChI is InChI=1S/C21H26N4O2/c1-14-19(13-23-25(14)18-5-3-2-4-6-18)24-21(27)20(26)22-12-17-11-15-7-9-16(17)10-8-15/h2-6,13,15-17H,7-12H2,1H3,(H,22,26)(H,24,27). The summed E-state index contributed by atoms with van der Waals surface area (Å²) in [5, 5.41) is 9.84. The second kappa shape index (κ2) is 7.55. The van der Waals surface area contributed by atoms with Crippen LogP contribution in [0.25, 0.3) is 5.69 Å². The lowest BCUT2D eigenvalue weighted by Crippen LogP contribution is -2.42. The van der Waals surface area contributed by atoms with Gasteiger partial charge in [0.1, 0.15) is 0 Å². The molecule has 3 fully saturated rings. The fourth-order valence-corrected chi connectivity index (χ4v) is 4.61. The normalized spacial score (nSPS) is 23.8. The first-order valence-electron chi connectivity index (χ1n) is 9.81. The summed E-state index contributed by atoms with van der Waals surface area (Å²) in [6.45, 7) is 2.47. The Morgan fingerprint density at radius 2 is 1.85 bits per heavy atom. The highest BCUT2D eigenvalue weighted by atomic mass is 16.2. The maximum atomic E-state index is 12.3. The Morgan fingerprint density at radius 1 is 1.11 bits per heavy atom. The molecule has 1 aromatic heterocycles. The Hall–Kier alpha value is -2.63. The first-order valence-corrected chi connectivity index (χ1v) is 9.81. The molecule has 3 saturated carbocycles. The second-order valence-electron chi connectivity index (χ2n) is 7.83. The van der Waals surface area contributed by atoms with Gasteiger partial charge in [0.15, 0.2) is 0 Å². The smallest absolute Gasteiger partial charge is 0.313 e. The maximum absolute atomic E-state index is 12.3. The van der Waals surface area contributed by atoms with E-state index in [4.69, 9.17) is 0 Å². The number of carbonyl (C=O) groups excluding carboxylic acids is 2. The monoisotopic (exact) mass is 366 g/mol. The molecule has 2 amide bonds. The summed E-state index contributed by atoms with van der Waals surface area (Å²) < 4.78 is 1.74. The number of nitrogens with one attached hydrogen (secondary N) is 2. The van der Waals surface area contributed by atoms with Crippen molar-refractivity contribution in [2.45, 2.75) is 39.0 Å². The van der Waals surface area contributed by atoms with E-state index in [9.17, 15) is 9.59 Å². The number of anilines is 1. The van der Waals surface area contributed by atoms with Crippen molar-refractivity contribution in [3.63, 3.8) is 0 Å². The van der Waals surface area contributed by atoms with Gasteiger partial charge in [-0.05, 0) is 56.1 Å². The minimum absolute atomic E-state index is 0.525. The molecule has 0 spiro atoms. The summed E-state index contributed by atoms with van der Waals surface area (Å²) in [4.78, 5) is 24.5. The molecule has 6 heteroatoms. The molecule has 3 aliphatic rings. The molecule has 1 unspecified atom stereocenters. The minimum atomic E-state index is -0.633. The predicted molar refractivity (Wildman–Crippen MR) is 103 cm³/mol. The maximum Gasteiger partial charge on any atom is 0.313 e. The van der Waals surface area contributed by atoms with Crippen molar-refractivity contribution in [1.29, 1.82) is 0 Å². The van der Waals surface area contributed by atoms with Gasteiger partial charge >= 0.3 is 11.8 Å². The first-order chi connectivity index (χ1) is 13.1. The van der Waals surface area contributed by atoms with Gasteiger partial charge in [-0.15, -0.1) is 0 Å². The van der Waals surface area contributed by atoms with Crippen LogP contribution < -0.4 is 10.6 Å². The van der Waals surface area contributed by atoms with E-state index in [0.717, 1.165) is 17.3 Å².